The van der Waals surface area contributed by atoms with E-state index in [0.29, 0.717) is 16.9 Å². The normalized spacial score (nSPS) is 10.1. The average molecular weight is 216 g/mol. The van der Waals surface area contributed by atoms with E-state index in [1.807, 2.05) is 13.0 Å². The van der Waals surface area contributed by atoms with Gasteiger partial charge in [-0.3, -0.25) is 4.79 Å². The molecule has 0 saturated heterocycles. The van der Waals surface area contributed by atoms with E-state index in [2.05, 4.69) is 5.32 Å². The van der Waals surface area contributed by atoms with Gasteiger partial charge >= 0.3 is 0 Å². The number of nitrogens with one attached hydrogen (secondary N) is 1. The van der Waals surface area contributed by atoms with Crippen LogP contribution in [0.1, 0.15) is 15.9 Å². The maximum absolute atomic E-state index is 11.7. The minimum Gasteiger partial charge on any atom is -0.472 e. The Morgan fingerprint density at radius 1 is 1.38 bits per heavy atom. The zero-order valence-corrected chi connectivity index (χ0v) is 8.86. The summed E-state index contributed by atoms with van der Waals surface area (Å²) >= 11 is 0. The SMILES string of the molecule is Cc1c(N)cccc1NC(=O)c1ccoc1. The summed E-state index contributed by atoms with van der Waals surface area (Å²) in [4.78, 5) is 11.7. The Kier molecular flexibility index (Phi) is 2.64. The fourth-order valence-electron chi connectivity index (χ4n) is 1.38. The Labute approximate surface area is 93.1 Å². The molecule has 2 aromatic rings. The topological polar surface area (TPSA) is 68.3 Å². The molecule has 0 radical (unpaired) electrons. The highest BCUT2D eigenvalue weighted by atomic mass is 16.3. The second kappa shape index (κ2) is 4.10. The smallest absolute Gasteiger partial charge is 0.258 e. The molecule has 0 unspecified atom stereocenters. The van der Waals surface area contributed by atoms with Gasteiger partial charge in [0, 0.05) is 11.4 Å². The highest BCUT2D eigenvalue weighted by molar-refractivity contribution is 6.04. The van der Waals surface area contributed by atoms with E-state index in [-0.39, 0.29) is 5.91 Å². The van der Waals surface area contributed by atoms with Crippen molar-refractivity contribution < 1.29 is 9.21 Å². The van der Waals surface area contributed by atoms with Gasteiger partial charge in [-0.05, 0) is 30.7 Å². The minimum absolute atomic E-state index is 0.206. The largest absolute Gasteiger partial charge is 0.472 e. The number of hydrogen-bond donors (Lipinski definition) is 2. The summed E-state index contributed by atoms with van der Waals surface area (Å²) in [5.74, 6) is -0.206. The molecule has 1 heterocycles. The monoisotopic (exact) mass is 216 g/mol. The maximum atomic E-state index is 11.7. The second-order valence-electron chi connectivity index (χ2n) is 3.49. The number of amides is 1. The molecule has 0 atom stereocenters. The molecule has 0 saturated carbocycles. The summed E-state index contributed by atoms with van der Waals surface area (Å²) in [5.41, 5.74) is 8.47. The lowest BCUT2D eigenvalue weighted by Crippen LogP contribution is -2.12. The fourth-order valence-corrected chi connectivity index (χ4v) is 1.38. The summed E-state index contributed by atoms with van der Waals surface area (Å²) in [6.07, 6.45) is 2.86. The van der Waals surface area contributed by atoms with Gasteiger partial charge in [-0.25, -0.2) is 0 Å². The third-order valence-corrected chi connectivity index (χ3v) is 2.41. The molecule has 0 aliphatic rings. The van der Waals surface area contributed by atoms with Crippen molar-refractivity contribution in [3.63, 3.8) is 0 Å². The zero-order chi connectivity index (χ0) is 11.5. The number of hydrogen-bond acceptors (Lipinski definition) is 3. The summed E-state index contributed by atoms with van der Waals surface area (Å²) in [6, 6.07) is 7.01. The molecule has 4 heteroatoms. The third-order valence-electron chi connectivity index (χ3n) is 2.41. The Bertz CT molecular complexity index is 504. The molecule has 16 heavy (non-hydrogen) atoms. The number of anilines is 2. The Morgan fingerprint density at radius 3 is 2.88 bits per heavy atom. The van der Waals surface area contributed by atoms with Gasteiger partial charge in [0.15, 0.2) is 0 Å². The van der Waals surface area contributed by atoms with Crippen molar-refractivity contribution in [2.45, 2.75) is 6.92 Å². The number of furan rings is 1. The van der Waals surface area contributed by atoms with E-state index >= 15 is 0 Å². The van der Waals surface area contributed by atoms with Crippen LogP contribution in [0.25, 0.3) is 0 Å². The molecule has 1 aromatic heterocycles. The first-order valence-corrected chi connectivity index (χ1v) is 4.87. The zero-order valence-electron chi connectivity index (χ0n) is 8.86. The fraction of sp³-hybridized carbons (Fsp3) is 0.0833. The second-order valence-corrected chi connectivity index (χ2v) is 3.49. The van der Waals surface area contributed by atoms with Crippen LogP contribution < -0.4 is 11.1 Å². The predicted molar refractivity (Wildman–Crippen MR) is 62.3 cm³/mol. The van der Waals surface area contributed by atoms with E-state index in [4.69, 9.17) is 10.2 Å². The van der Waals surface area contributed by atoms with E-state index in [0.717, 1.165) is 5.56 Å². The average Bonchev–Trinajstić information content (AvgIpc) is 2.78. The van der Waals surface area contributed by atoms with E-state index in [9.17, 15) is 4.79 Å². The first-order chi connectivity index (χ1) is 7.68. The molecule has 1 aromatic carbocycles. The van der Waals surface area contributed by atoms with E-state index in [1.54, 1.807) is 18.2 Å². The number of nitrogen functional groups attached to an aromatic ring is 1. The summed E-state index contributed by atoms with van der Waals surface area (Å²) in [6.45, 7) is 1.86. The predicted octanol–water partition coefficient (Wildman–Crippen LogP) is 2.42. The first kappa shape index (κ1) is 10.3. The lowest BCUT2D eigenvalue weighted by molar-refractivity contribution is 0.102. The Morgan fingerprint density at radius 2 is 2.19 bits per heavy atom. The van der Waals surface area contributed by atoms with Crippen LogP contribution in [0.2, 0.25) is 0 Å². The summed E-state index contributed by atoms with van der Waals surface area (Å²) in [7, 11) is 0. The number of nitrogens with two attached hydrogens (primary N) is 1. The highest BCUT2D eigenvalue weighted by Gasteiger charge is 2.09. The number of benzene rings is 1. The molecule has 0 bridgehead atoms. The number of carbonyl (C=O) groups is 1. The Hall–Kier alpha value is -2.23. The standard InChI is InChI=1S/C12H12N2O2/c1-8-10(13)3-2-4-11(8)14-12(15)9-5-6-16-7-9/h2-7H,13H2,1H3,(H,14,15). The molecule has 0 aliphatic heterocycles. The molecule has 0 fully saturated rings. The summed E-state index contributed by atoms with van der Waals surface area (Å²) < 4.78 is 4.84. The quantitative estimate of drug-likeness (QED) is 0.757. The van der Waals surface area contributed by atoms with Crippen molar-refractivity contribution in [3.05, 3.63) is 47.9 Å². The van der Waals surface area contributed by atoms with Gasteiger partial charge in [0.25, 0.3) is 5.91 Å². The van der Waals surface area contributed by atoms with Gasteiger partial charge in [0.2, 0.25) is 0 Å². The first-order valence-electron chi connectivity index (χ1n) is 4.87. The van der Waals surface area contributed by atoms with Crippen LogP contribution in [0.15, 0.2) is 41.2 Å². The van der Waals surface area contributed by atoms with Crippen LogP contribution in [0.4, 0.5) is 11.4 Å². The van der Waals surface area contributed by atoms with Gasteiger partial charge in [-0.2, -0.15) is 0 Å². The van der Waals surface area contributed by atoms with E-state index in [1.165, 1.54) is 12.5 Å². The molecule has 0 spiro atoms. The molecule has 1 amide bonds. The van der Waals surface area contributed by atoms with Crippen LogP contribution in [0, 0.1) is 6.92 Å². The lowest BCUT2D eigenvalue weighted by Gasteiger charge is -2.08. The minimum atomic E-state index is -0.206. The van der Waals surface area contributed by atoms with Crippen LogP contribution in [-0.4, -0.2) is 5.91 Å². The van der Waals surface area contributed by atoms with Crippen LogP contribution >= 0.6 is 0 Å². The van der Waals surface area contributed by atoms with E-state index < -0.39 is 0 Å². The van der Waals surface area contributed by atoms with Gasteiger partial charge in [-0.15, -0.1) is 0 Å². The van der Waals surface area contributed by atoms with Gasteiger partial charge in [0.05, 0.1) is 11.8 Å². The molecular weight excluding hydrogens is 204 g/mol. The molecule has 0 aliphatic carbocycles. The van der Waals surface area contributed by atoms with Crippen LogP contribution in [0.3, 0.4) is 0 Å². The Balaban J connectivity index is 2.22. The molecule has 82 valence electrons. The van der Waals surface area contributed by atoms with Crippen LogP contribution in [0.5, 0.6) is 0 Å². The van der Waals surface area contributed by atoms with Crippen molar-refractivity contribution in [3.8, 4) is 0 Å². The summed E-state index contributed by atoms with van der Waals surface area (Å²) in [5, 5.41) is 2.77. The molecule has 4 nitrogen and oxygen atoms in total. The van der Waals surface area contributed by atoms with Crippen molar-refractivity contribution in [2.75, 3.05) is 11.1 Å². The maximum Gasteiger partial charge on any atom is 0.258 e. The van der Waals surface area contributed by atoms with Gasteiger partial charge in [-0.1, -0.05) is 6.07 Å². The van der Waals surface area contributed by atoms with Crippen molar-refractivity contribution >= 4 is 17.3 Å². The third kappa shape index (κ3) is 1.91. The lowest BCUT2D eigenvalue weighted by atomic mass is 10.1. The molecule has 3 N–H and O–H groups in total. The van der Waals surface area contributed by atoms with Crippen molar-refractivity contribution in [1.29, 1.82) is 0 Å². The number of rotatable bonds is 2. The van der Waals surface area contributed by atoms with Crippen molar-refractivity contribution in [2.24, 2.45) is 0 Å². The van der Waals surface area contributed by atoms with Crippen molar-refractivity contribution in [1.82, 2.24) is 0 Å². The van der Waals surface area contributed by atoms with Gasteiger partial charge in [0.1, 0.15) is 6.26 Å². The highest BCUT2D eigenvalue weighted by Crippen LogP contribution is 2.21. The molecule has 2 rings (SSSR count). The number of carbonyl (C=O) groups excluding carboxylic acids is 1. The van der Waals surface area contributed by atoms with Crippen LogP contribution in [-0.2, 0) is 0 Å². The van der Waals surface area contributed by atoms with Gasteiger partial charge < -0.3 is 15.5 Å². The molecular formula is C12H12N2O2.